The van der Waals surface area contributed by atoms with E-state index in [-0.39, 0.29) is 20.4 Å². The fourth-order valence-corrected chi connectivity index (χ4v) is 2.63. The first-order valence-corrected chi connectivity index (χ1v) is 7.07. The first-order valence-electron chi connectivity index (χ1n) is 4.95. The largest absolute Gasteiger partial charge is 0.405 e. The molecule has 0 heterocycles. The molecule has 0 fully saturated rings. The molecule has 0 saturated heterocycles. The highest BCUT2D eigenvalue weighted by molar-refractivity contribution is 6.52. The lowest BCUT2D eigenvalue weighted by Gasteiger charge is -2.06. The van der Waals surface area contributed by atoms with Crippen molar-refractivity contribution in [3.63, 3.8) is 0 Å². The van der Waals surface area contributed by atoms with Crippen molar-refractivity contribution < 1.29 is 0 Å². The summed E-state index contributed by atoms with van der Waals surface area (Å²) >= 11 is 0.0344. The first-order chi connectivity index (χ1) is 5.88. The molecule has 0 aliphatic carbocycles. The van der Waals surface area contributed by atoms with Gasteiger partial charge >= 0.3 is 20.4 Å². The monoisotopic (exact) mass is 172 g/mol. The fraction of sp³-hybridized carbons (Fsp3) is 0.455. The summed E-state index contributed by atoms with van der Waals surface area (Å²) in [5.74, 6) is 0. The zero-order valence-corrected chi connectivity index (χ0v) is 9.55. The van der Waals surface area contributed by atoms with E-state index in [9.17, 15) is 0 Å². The van der Waals surface area contributed by atoms with Gasteiger partial charge in [0.05, 0.1) is 0 Å². The van der Waals surface area contributed by atoms with Gasteiger partial charge in [-0.15, -0.1) is 5.05 Å². The molecular formula is C11H16Mg. The normalized spacial score (nSPS) is 9.50. The van der Waals surface area contributed by atoms with E-state index in [1.807, 2.05) is 0 Å². The van der Waals surface area contributed by atoms with Crippen molar-refractivity contribution in [2.45, 2.75) is 31.2 Å². The van der Waals surface area contributed by atoms with E-state index in [1.165, 1.54) is 19.3 Å². The summed E-state index contributed by atoms with van der Waals surface area (Å²) in [6, 6.07) is 8.93. The summed E-state index contributed by atoms with van der Waals surface area (Å²) in [5, 5.41) is 2.37. The van der Waals surface area contributed by atoms with E-state index in [0.29, 0.717) is 0 Å². The standard InChI is InChI=1S/C10H13.CH3.Mg/c1-2-3-7-10-8-5-4-6-9-10;;/h4-6,8H,2-3,7H2,1H3;1H3;. The minimum atomic E-state index is 0.0344. The van der Waals surface area contributed by atoms with Crippen molar-refractivity contribution in [2.75, 3.05) is 0 Å². The van der Waals surface area contributed by atoms with Crippen LogP contribution in [0.2, 0.25) is 5.05 Å². The van der Waals surface area contributed by atoms with Crippen LogP contribution in [0.4, 0.5) is 0 Å². The van der Waals surface area contributed by atoms with Gasteiger partial charge < -0.3 is 0 Å². The van der Waals surface area contributed by atoms with Gasteiger partial charge in [0.1, 0.15) is 0 Å². The maximum atomic E-state index is 2.37. The van der Waals surface area contributed by atoms with Crippen molar-refractivity contribution >= 4 is 24.1 Å². The van der Waals surface area contributed by atoms with Crippen molar-refractivity contribution in [1.29, 1.82) is 0 Å². The minimum absolute atomic E-state index is 0.0344. The molecule has 0 N–H and O–H groups in total. The van der Waals surface area contributed by atoms with Crippen LogP contribution in [0.15, 0.2) is 24.3 Å². The average molecular weight is 173 g/mol. The maximum Gasteiger partial charge on any atom is 0.405 e. The zero-order valence-electron chi connectivity index (χ0n) is 8.14. The Hall–Kier alpha value is -0.0138. The van der Waals surface area contributed by atoms with Gasteiger partial charge in [0.25, 0.3) is 0 Å². The molecule has 1 heteroatoms. The zero-order chi connectivity index (χ0) is 8.81. The van der Waals surface area contributed by atoms with Crippen LogP contribution in [0.5, 0.6) is 0 Å². The summed E-state index contributed by atoms with van der Waals surface area (Å²) < 4.78 is 1.66. The van der Waals surface area contributed by atoms with Crippen LogP contribution in [0.25, 0.3) is 0 Å². The van der Waals surface area contributed by atoms with E-state index in [4.69, 9.17) is 0 Å². The number of hydrogen-bond donors (Lipinski definition) is 0. The lowest BCUT2D eigenvalue weighted by molar-refractivity contribution is 0.798. The Kier molecular flexibility index (Phi) is 4.70. The summed E-state index contributed by atoms with van der Waals surface area (Å²) in [4.78, 5) is 0. The molecule has 1 rings (SSSR count). The van der Waals surface area contributed by atoms with Crippen molar-refractivity contribution in [3.8, 4) is 0 Å². The van der Waals surface area contributed by atoms with Gasteiger partial charge in [0.2, 0.25) is 0 Å². The Balaban J connectivity index is 2.68. The van der Waals surface area contributed by atoms with Gasteiger partial charge in [-0.05, 0) is 12.8 Å². The van der Waals surface area contributed by atoms with E-state index in [0.717, 1.165) is 0 Å². The summed E-state index contributed by atoms with van der Waals surface area (Å²) in [5.41, 5.74) is 1.61. The molecule has 0 aliphatic rings. The number of hydrogen-bond acceptors (Lipinski definition) is 0. The van der Waals surface area contributed by atoms with Gasteiger partial charge in [0.15, 0.2) is 0 Å². The molecular weight excluding hydrogens is 156 g/mol. The lowest BCUT2D eigenvalue weighted by atomic mass is 10.1. The Morgan fingerprint density at radius 1 is 1.25 bits per heavy atom. The van der Waals surface area contributed by atoms with E-state index >= 15 is 0 Å². The molecule has 0 radical (unpaired) electrons. The van der Waals surface area contributed by atoms with Gasteiger partial charge in [-0.3, -0.25) is 0 Å². The second-order valence-electron chi connectivity index (χ2n) is 3.23. The predicted molar refractivity (Wildman–Crippen MR) is 56.3 cm³/mol. The molecule has 0 atom stereocenters. The van der Waals surface area contributed by atoms with Crippen LogP contribution < -0.4 is 3.69 Å². The Morgan fingerprint density at radius 2 is 2.00 bits per heavy atom. The van der Waals surface area contributed by atoms with Gasteiger partial charge in [-0.25, -0.2) is 0 Å². The molecule has 0 aliphatic heterocycles. The van der Waals surface area contributed by atoms with Crippen LogP contribution in [0.1, 0.15) is 25.3 Å². The molecule has 0 amide bonds. The van der Waals surface area contributed by atoms with Crippen LogP contribution in [0.3, 0.4) is 0 Å². The molecule has 1 aromatic carbocycles. The fourth-order valence-electron chi connectivity index (χ4n) is 1.51. The number of unbranched alkanes of at least 4 members (excludes halogenated alkanes) is 1. The minimum Gasteiger partial charge on any atom is -0.171 e. The van der Waals surface area contributed by atoms with Crippen LogP contribution >= 0.6 is 0 Å². The van der Waals surface area contributed by atoms with Gasteiger partial charge in [-0.2, -0.15) is 3.69 Å². The van der Waals surface area contributed by atoms with Crippen molar-refractivity contribution in [1.82, 2.24) is 0 Å². The Morgan fingerprint density at radius 3 is 2.67 bits per heavy atom. The highest BCUT2D eigenvalue weighted by Gasteiger charge is 1.99. The Labute approximate surface area is 85.1 Å². The second kappa shape index (κ2) is 5.60. The highest BCUT2D eigenvalue weighted by atomic mass is 24.5. The molecule has 0 aromatic heterocycles. The molecule has 62 valence electrons. The quantitative estimate of drug-likeness (QED) is 0.612. The smallest absolute Gasteiger partial charge is 0.171 e. The molecule has 0 spiro atoms. The lowest BCUT2D eigenvalue weighted by Crippen LogP contribution is -2.15. The SMILES string of the molecule is CCCCc1cccc[c]1[Mg][CH3]. The van der Waals surface area contributed by atoms with Crippen LogP contribution in [-0.4, -0.2) is 20.4 Å². The van der Waals surface area contributed by atoms with Crippen molar-refractivity contribution in [3.05, 3.63) is 29.8 Å². The third kappa shape index (κ3) is 2.79. The molecule has 0 saturated carbocycles. The molecule has 0 unspecified atom stereocenters. The number of aryl methyl sites for hydroxylation is 1. The van der Waals surface area contributed by atoms with Crippen LogP contribution in [0, 0.1) is 0 Å². The van der Waals surface area contributed by atoms with Gasteiger partial charge in [0, 0.05) is 0 Å². The first kappa shape index (κ1) is 10.1. The third-order valence-corrected chi connectivity index (χ3v) is 3.75. The predicted octanol–water partition coefficient (Wildman–Crippen LogP) is 2.41. The second-order valence-corrected chi connectivity index (χ2v) is 4.69. The number of benzene rings is 1. The van der Waals surface area contributed by atoms with Crippen LogP contribution in [-0.2, 0) is 6.42 Å². The highest BCUT2D eigenvalue weighted by Crippen LogP contribution is 2.01. The third-order valence-electron chi connectivity index (χ3n) is 2.30. The van der Waals surface area contributed by atoms with Gasteiger partial charge in [-0.1, -0.05) is 43.2 Å². The topological polar surface area (TPSA) is 0 Å². The Bertz CT molecular complexity index is 230. The average Bonchev–Trinajstić information content (AvgIpc) is 2.15. The van der Waals surface area contributed by atoms with E-state index < -0.39 is 0 Å². The molecule has 0 nitrogen and oxygen atoms in total. The van der Waals surface area contributed by atoms with Crippen molar-refractivity contribution in [2.24, 2.45) is 0 Å². The molecule has 0 bridgehead atoms. The summed E-state index contributed by atoms with van der Waals surface area (Å²) in [6.07, 6.45) is 3.93. The van der Waals surface area contributed by atoms with E-state index in [2.05, 4.69) is 36.2 Å². The summed E-state index contributed by atoms with van der Waals surface area (Å²) in [7, 11) is 0. The maximum absolute atomic E-state index is 2.37. The molecule has 12 heavy (non-hydrogen) atoms. The summed E-state index contributed by atoms with van der Waals surface area (Å²) in [6.45, 7) is 2.26. The van der Waals surface area contributed by atoms with E-state index in [1.54, 1.807) is 9.26 Å². The number of rotatable bonds is 4. The molecule has 1 aromatic rings.